The molecule has 0 bridgehead atoms. The van der Waals surface area contributed by atoms with Gasteiger partial charge in [0.1, 0.15) is 6.61 Å². The van der Waals surface area contributed by atoms with Gasteiger partial charge in [0.25, 0.3) is 0 Å². The molecular formula is C20H26F3N5O3. The molecule has 2 atom stereocenters. The van der Waals surface area contributed by atoms with Crippen LogP contribution < -0.4 is 5.32 Å². The lowest BCUT2D eigenvalue weighted by Crippen LogP contribution is -2.68. The minimum Gasteiger partial charge on any atom is -0.366 e. The van der Waals surface area contributed by atoms with Gasteiger partial charge in [-0.25, -0.2) is 4.79 Å². The van der Waals surface area contributed by atoms with Crippen LogP contribution in [0.3, 0.4) is 0 Å². The third kappa shape index (κ3) is 4.24. The molecule has 8 nitrogen and oxygen atoms in total. The minimum absolute atomic E-state index is 0.0104. The summed E-state index contributed by atoms with van der Waals surface area (Å²) in [4.78, 5) is 28.0. The molecule has 4 fully saturated rings. The molecule has 1 aliphatic carbocycles. The van der Waals surface area contributed by atoms with Crippen LogP contribution in [0, 0.1) is 11.3 Å². The van der Waals surface area contributed by atoms with Crippen LogP contribution >= 0.6 is 0 Å². The topological polar surface area (TPSA) is 79.7 Å². The predicted molar refractivity (Wildman–Crippen MR) is 102 cm³/mol. The number of morpholine rings is 1. The smallest absolute Gasteiger partial charge is 0.366 e. The maximum atomic E-state index is 12.8. The number of aromatic nitrogens is 2. The highest BCUT2D eigenvalue weighted by molar-refractivity contribution is 5.79. The average molecular weight is 441 g/mol. The van der Waals surface area contributed by atoms with E-state index >= 15 is 0 Å². The molecule has 0 unspecified atom stereocenters. The first-order valence-electron chi connectivity index (χ1n) is 10.7. The summed E-state index contributed by atoms with van der Waals surface area (Å²) in [6.07, 6.45) is 0.211. The Hall–Kier alpha value is -2.30. The molecule has 3 amide bonds. The molecular weight excluding hydrogens is 415 g/mol. The number of urea groups is 1. The zero-order valence-corrected chi connectivity index (χ0v) is 17.1. The molecule has 0 radical (unpaired) electrons. The Labute approximate surface area is 177 Å². The summed E-state index contributed by atoms with van der Waals surface area (Å²) in [5, 5.41) is 6.97. The lowest BCUT2D eigenvalue weighted by Gasteiger charge is -2.59. The molecule has 170 valence electrons. The Morgan fingerprint density at radius 1 is 1.29 bits per heavy atom. The van der Waals surface area contributed by atoms with Crippen LogP contribution in [0.1, 0.15) is 24.8 Å². The first-order chi connectivity index (χ1) is 14.7. The molecule has 3 aliphatic heterocycles. The van der Waals surface area contributed by atoms with Crippen molar-refractivity contribution in [1.29, 1.82) is 0 Å². The van der Waals surface area contributed by atoms with Crippen molar-refractivity contribution in [2.24, 2.45) is 11.3 Å². The number of hydrogen-bond donors (Lipinski definition) is 1. The molecule has 3 saturated heterocycles. The molecule has 11 heteroatoms. The third-order valence-corrected chi connectivity index (χ3v) is 6.90. The Morgan fingerprint density at radius 2 is 2.06 bits per heavy atom. The Morgan fingerprint density at radius 3 is 2.81 bits per heavy atom. The van der Waals surface area contributed by atoms with Crippen molar-refractivity contribution in [3.05, 3.63) is 18.0 Å². The highest BCUT2D eigenvalue weighted by Crippen LogP contribution is 2.52. The molecule has 1 aromatic heterocycles. The monoisotopic (exact) mass is 441 g/mol. The summed E-state index contributed by atoms with van der Waals surface area (Å²) in [7, 11) is 0. The number of rotatable bonds is 3. The molecule has 1 aromatic rings. The van der Waals surface area contributed by atoms with Crippen LogP contribution in [-0.4, -0.2) is 82.6 Å². The van der Waals surface area contributed by atoms with Crippen molar-refractivity contribution in [2.45, 2.75) is 50.6 Å². The Bertz CT molecular complexity index is 858. The predicted octanol–water partition coefficient (Wildman–Crippen LogP) is 1.41. The van der Waals surface area contributed by atoms with Gasteiger partial charge in [-0.2, -0.15) is 18.3 Å². The van der Waals surface area contributed by atoms with Crippen molar-refractivity contribution in [3.8, 4) is 0 Å². The van der Waals surface area contributed by atoms with Gasteiger partial charge < -0.3 is 19.9 Å². The van der Waals surface area contributed by atoms with Gasteiger partial charge >= 0.3 is 12.2 Å². The normalized spacial score (nSPS) is 28.0. The second-order valence-corrected chi connectivity index (χ2v) is 9.53. The first kappa shape index (κ1) is 20.6. The van der Waals surface area contributed by atoms with Crippen LogP contribution in [0.2, 0.25) is 0 Å². The summed E-state index contributed by atoms with van der Waals surface area (Å²) in [5.41, 5.74) is 0.327. The number of piperidine rings is 1. The Kier molecular flexibility index (Phi) is 4.91. The van der Waals surface area contributed by atoms with Gasteiger partial charge in [-0.1, -0.05) is 0 Å². The first-order valence-corrected chi connectivity index (χ1v) is 10.7. The number of nitrogens with one attached hydrogen (secondary N) is 1. The maximum Gasteiger partial charge on any atom is 0.393 e. The SMILES string of the molecule is O=C1CO[C@H]2CCN(C(=O)N3CC4(CC(Cn5cc(CC(F)(F)F)cn5)C4)C3)C[C@H]2N1. The highest BCUT2D eigenvalue weighted by Gasteiger charge is 2.54. The second-order valence-electron chi connectivity index (χ2n) is 9.53. The number of alkyl halides is 3. The van der Waals surface area contributed by atoms with E-state index in [-0.39, 0.29) is 41.7 Å². The number of carbonyl (C=O) groups excluding carboxylic acids is 2. The van der Waals surface area contributed by atoms with Gasteiger partial charge in [0, 0.05) is 44.3 Å². The number of halogens is 3. The summed E-state index contributed by atoms with van der Waals surface area (Å²) >= 11 is 0. The van der Waals surface area contributed by atoms with E-state index in [9.17, 15) is 22.8 Å². The van der Waals surface area contributed by atoms with Crippen molar-refractivity contribution in [3.63, 3.8) is 0 Å². The van der Waals surface area contributed by atoms with E-state index in [2.05, 4.69) is 10.4 Å². The van der Waals surface area contributed by atoms with Crippen LogP contribution in [0.4, 0.5) is 18.0 Å². The average Bonchev–Trinajstić information content (AvgIpc) is 3.06. The van der Waals surface area contributed by atoms with Gasteiger partial charge in [0.05, 0.1) is 24.8 Å². The molecule has 1 spiro atoms. The minimum atomic E-state index is -4.22. The number of nitrogens with zero attached hydrogens (tertiary/aromatic N) is 4. The number of amides is 3. The van der Waals surface area contributed by atoms with Gasteiger partial charge in [0.2, 0.25) is 5.91 Å². The zero-order valence-electron chi connectivity index (χ0n) is 17.1. The highest BCUT2D eigenvalue weighted by atomic mass is 19.4. The maximum absolute atomic E-state index is 12.8. The fourth-order valence-corrected chi connectivity index (χ4v) is 5.62. The van der Waals surface area contributed by atoms with E-state index in [0.717, 1.165) is 19.3 Å². The second kappa shape index (κ2) is 7.39. The van der Waals surface area contributed by atoms with Gasteiger partial charge in [-0.3, -0.25) is 9.48 Å². The van der Waals surface area contributed by atoms with Crippen molar-refractivity contribution < 1.29 is 27.5 Å². The lowest BCUT2D eigenvalue weighted by molar-refractivity contribution is -0.140. The third-order valence-electron chi connectivity index (χ3n) is 6.90. The summed E-state index contributed by atoms with van der Waals surface area (Å²) in [5.74, 6) is 0.239. The van der Waals surface area contributed by atoms with Crippen molar-refractivity contribution in [2.75, 3.05) is 32.8 Å². The quantitative estimate of drug-likeness (QED) is 0.769. The number of ether oxygens (including phenoxy) is 1. The Balaban J connectivity index is 1.07. The van der Waals surface area contributed by atoms with E-state index in [1.54, 1.807) is 9.58 Å². The van der Waals surface area contributed by atoms with Crippen LogP contribution in [0.5, 0.6) is 0 Å². The van der Waals surface area contributed by atoms with E-state index < -0.39 is 12.6 Å². The van der Waals surface area contributed by atoms with E-state index in [4.69, 9.17) is 4.74 Å². The molecule has 31 heavy (non-hydrogen) atoms. The van der Waals surface area contributed by atoms with E-state index in [1.807, 2.05) is 4.90 Å². The van der Waals surface area contributed by atoms with E-state index in [0.29, 0.717) is 38.6 Å². The van der Waals surface area contributed by atoms with Gasteiger partial charge in [-0.15, -0.1) is 0 Å². The lowest BCUT2D eigenvalue weighted by atomic mass is 9.58. The van der Waals surface area contributed by atoms with Crippen molar-refractivity contribution >= 4 is 11.9 Å². The summed E-state index contributed by atoms with van der Waals surface area (Å²) in [6, 6.07) is -0.130. The zero-order chi connectivity index (χ0) is 21.8. The summed E-state index contributed by atoms with van der Waals surface area (Å²) < 4.78 is 44.6. The fraction of sp³-hybridized carbons (Fsp3) is 0.750. The molecule has 1 N–H and O–H groups in total. The van der Waals surface area contributed by atoms with Crippen LogP contribution in [0.25, 0.3) is 0 Å². The summed E-state index contributed by atoms with van der Waals surface area (Å²) in [6.45, 7) is 3.24. The molecule has 1 saturated carbocycles. The molecule has 5 rings (SSSR count). The number of carbonyl (C=O) groups is 2. The standard InChI is InChI=1S/C20H26F3N5O3/c21-20(22,23)5-14-6-24-28(8-14)7-13-3-19(4-13)11-27(12-19)18(30)26-2-1-16-15(9-26)25-17(29)10-31-16/h6,8,13,15-16H,1-5,7,9-12H2,(H,25,29)/t15-,16+/m1/s1. The van der Waals surface area contributed by atoms with Crippen molar-refractivity contribution in [1.82, 2.24) is 24.9 Å². The largest absolute Gasteiger partial charge is 0.393 e. The number of likely N-dealkylation sites (tertiary alicyclic amines) is 2. The van der Waals surface area contributed by atoms with E-state index in [1.165, 1.54) is 12.4 Å². The van der Waals surface area contributed by atoms with Gasteiger partial charge in [-0.05, 0) is 30.7 Å². The fourth-order valence-electron chi connectivity index (χ4n) is 5.62. The number of fused-ring (bicyclic) bond motifs is 1. The number of hydrogen-bond acceptors (Lipinski definition) is 4. The van der Waals surface area contributed by atoms with Gasteiger partial charge in [0.15, 0.2) is 0 Å². The molecule has 0 aromatic carbocycles. The van der Waals surface area contributed by atoms with Crippen LogP contribution in [0.15, 0.2) is 12.4 Å². The molecule has 4 aliphatic rings. The molecule has 4 heterocycles. The van der Waals surface area contributed by atoms with Crippen LogP contribution in [-0.2, 0) is 22.5 Å².